The second kappa shape index (κ2) is 6.56. The standard InChI is InChI=1S/C15H19FN2O3/c1-21-15(20)9-2-5-11(6-3-9)18-14(19)10-4-7-13(17)12(16)8-10/h4,7-9,11H,2-3,5-6,17H2,1H3,(H,18,19). The van der Waals surface area contributed by atoms with E-state index in [1.54, 1.807) is 0 Å². The highest BCUT2D eigenvalue weighted by molar-refractivity contribution is 5.94. The molecule has 1 aromatic carbocycles. The van der Waals surface area contributed by atoms with Gasteiger partial charge in [-0.2, -0.15) is 0 Å². The SMILES string of the molecule is COC(=O)C1CCC(NC(=O)c2ccc(N)c(F)c2)CC1. The van der Waals surface area contributed by atoms with Gasteiger partial charge in [-0.05, 0) is 43.9 Å². The van der Waals surface area contributed by atoms with E-state index in [0.29, 0.717) is 25.7 Å². The van der Waals surface area contributed by atoms with E-state index in [4.69, 9.17) is 10.5 Å². The van der Waals surface area contributed by atoms with Crippen LogP contribution in [0.5, 0.6) is 0 Å². The van der Waals surface area contributed by atoms with E-state index in [2.05, 4.69) is 5.32 Å². The Morgan fingerprint density at radius 2 is 1.95 bits per heavy atom. The molecule has 0 spiro atoms. The Hall–Kier alpha value is -2.11. The van der Waals surface area contributed by atoms with Gasteiger partial charge < -0.3 is 15.8 Å². The molecule has 0 bridgehead atoms. The summed E-state index contributed by atoms with van der Waals surface area (Å²) in [6, 6.07) is 4.00. The minimum Gasteiger partial charge on any atom is -0.469 e. The van der Waals surface area contributed by atoms with Crippen LogP contribution in [0.4, 0.5) is 10.1 Å². The summed E-state index contributed by atoms with van der Waals surface area (Å²) in [7, 11) is 1.38. The molecule has 21 heavy (non-hydrogen) atoms. The number of ether oxygens (including phenoxy) is 1. The molecule has 0 radical (unpaired) electrons. The molecule has 5 nitrogen and oxygen atoms in total. The summed E-state index contributed by atoms with van der Waals surface area (Å²) < 4.78 is 18.1. The summed E-state index contributed by atoms with van der Waals surface area (Å²) in [6.07, 6.45) is 2.80. The van der Waals surface area contributed by atoms with Crippen molar-refractivity contribution in [3.8, 4) is 0 Å². The molecule has 2 rings (SSSR count). The van der Waals surface area contributed by atoms with Crippen molar-refractivity contribution in [3.05, 3.63) is 29.6 Å². The summed E-state index contributed by atoms with van der Waals surface area (Å²) in [5.74, 6) is -1.20. The molecule has 0 heterocycles. The number of nitrogen functional groups attached to an aromatic ring is 1. The summed E-state index contributed by atoms with van der Waals surface area (Å²) in [5, 5.41) is 2.86. The van der Waals surface area contributed by atoms with E-state index >= 15 is 0 Å². The predicted molar refractivity (Wildman–Crippen MR) is 76.0 cm³/mol. The van der Waals surface area contributed by atoms with Crippen molar-refractivity contribution in [2.45, 2.75) is 31.7 Å². The molecule has 0 aliphatic heterocycles. The summed E-state index contributed by atoms with van der Waals surface area (Å²) in [4.78, 5) is 23.5. The maximum Gasteiger partial charge on any atom is 0.308 e. The third-order valence-electron chi connectivity index (χ3n) is 3.86. The minimum absolute atomic E-state index is 0.000907. The fourth-order valence-corrected chi connectivity index (χ4v) is 2.58. The van der Waals surface area contributed by atoms with Crippen LogP contribution in [0.3, 0.4) is 0 Å². The topological polar surface area (TPSA) is 81.4 Å². The Labute approximate surface area is 122 Å². The molecule has 0 aromatic heterocycles. The van der Waals surface area contributed by atoms with Crippen LogP contribution in [-0.2, 0) is 9.53 Å². The number of hydrogen-bond acceptors (Lipinski definition) is 4. The van der Waals surface area contributed by atoms with Crippen molar-refractivity contribution < 1.29 is 18.7 Å². The van der Waals surface area contributed by atoms with Gasteiger partial charge in [0.05, 0.1) is 18.7 Å². The maximum atomic E-state index is 13.3. The Balaban J connectivity index is 1.89. The summed E-state index contributed by atoms with van der Waals surface area (Å²) >= 11 is 0. The molecule has 3 N–H and O–H groups in total. The normalized spacial score (nSPS) is 21.6. The van der Waals surface area contributed by atoms with E-state index < -0.39 is 5.82 Å². The molecule has 1 aromatic rings. The van der Waals surface area contributed by atoms with Crippen molar-refractivity contribution >= 4 is 17.6 Å². The maximum absolute atomic E-state index is 13.3. The number of carbonyl (C=O) groups excluding carboxylic acids is 2. The molecule has 0 atom stereocenters. The number of rotatable bonds is 3. The van der Waals surface area contributed by atoms with Crippen LogP contribution in [0.25, 0.3) is 0 Å². The Bertz CT molecular complexity index is 540. The number of benzene rings is 1. The fourth-order valence-electron chi connectivity index (χ4n) is 2.58. The Kier molecular flexibility index (Phi) is 4.77. The van der Waals surface area contributed by atoms with Crippen molar-refractivity contribution in [3.63, 3.8) is 0 Å². The molecular formula is C15H19FN2O3. The zero-order valence-corrected chi connectivity index (χ0v) is 11.9. The average molecular weight is 294 g/mol. The number of halogens is 1. The van der Waals surface area contributed by atoms with Gasteiger partial charge in [0.25, 0.3) is 5.91 Å². The molecule has 0 unspecified atom stereocenters. The average Bonchev–Trinajstić information content (AvgIpc) is 2.50. The second-order valence-corrected chi connectivity index (χ2v) is 5.28. The van der Waals surface area contributed by atoms with E-state index in [-0.39, 0.29) is 35.1 Å². The minimum atomic E-state index is -0.600. The Morgan fingerprint density at radius 1 is 1.29 bits per heavy atom. The van der Waals surface area contributed by atoms with E-state index in [0.717, 1.165) is 6.07 Å². The Morgan fingerprint density at radius 3 is 2.52 bits per heavy atom. The smallest absolute Gasteiger partial charge is 0.308 e. The van der Waals surface area contributed by atoms with E-state index in [9.17, 15) is 14.0 Å². The first kappa shape index (κ1) is 15.3. The zero-order valence-electron chi connectivity index (χ0n) is 11.9. The van der Waals surface area contributed by atoms with Crippen molar-refractivity contribution in [2.24, 2.45) is 5.92 Å². The number of anilines is 1. The number of amides is 1. The van der Waals surface area contributed by atoms with Crippen LogP contribution in [0.1, 0.15) is 36.0 Å². The quantitative estimate of drug-likeness (QED) is 0.658. The number of esters is 1. The lowest BCUT2D eigenvalue weighted by Crippen LogP contribution is -2.38. The van der Waals surface area contributed by atoms with Crippen molar-refractivity contribution in [2.75, 3.05) is 12.8 Å². The molecule has 1 aliphatic carbocycles. The monoisotopic (exact) mass is 294 g/mol. The largest absolute Gasteiger partial charge is 0.469 e. The molecule has 1 aliphatic rings. The third-order valence-corrected chi connectivity index (χ3v) is 3.86. The predicted octanol–water partition coefficient (Wildman–Crippen LogP) is 1.87. The number of methoxy groups -OCH3 is 1. The lowest BCUT2D eigenvalue weighted by atomic mass is 9.86. The molecule has 1 saturated carbocycles. The lowest BCUT2D eigenvalue weighted by Gasteiger charge is -2.27. The fraction of sp³-hybridized carbons (Fsp3) is 0.467. The van der Waals surface area contributed by atoms with Gasteiger partial charge in [-0.1, -0.05) is 0 Å². The van der Waals surface area contributed by atoms with Crippen LogP contribution in [0, 0.1) is 11.7 Å². The molecule has 1 fully saturated rings. The van der Waals surface area contributed by atoms with Gasteiger partial charge in [-0.15, -0.1) is 0 Å². The molecule has 0 saturated heterocycles. The van der Waals surface area contributed by atoms with Gasteiger partial charge in [0.1, 0.15) is 5.82 Å². The van der Waals surface area contributed by atoms with Crippen molar-refractivity contribution in [1.82, 2.24) is 5.32 Å². The van der Waals surface area contributed by atoms with Crippen LogP contribution < -0.4 is 11.1 Å². The van der Waals surface area contributed by atoms with Gasteiger partial charge in [-0.3, -0.25) is 9.59 Å². The summed E-state index contributed by atoms with van der Waals surface area (Å²) in [6.45, 7) is 0. The van der Waals surface area contributed by atoms with Gasteiger partial charge in [0, 0.05) is 11.6 Å². The van der Waals surface area contributed by atoms with Gasteiger partial charge >= 0.3 is 5.97 Å². The number of nitrogens with one attached hydrogen (secondary N) is 1. The number of nitrogens with two attached hydrogens (primary N) is 1. The van der Waals surface area contributed by atoms with Crippen LogP contribution >= 0.6 is 0 Å². The highest BCUT2D eigenvalue weighted by Crippen LogP contribution is 2.25. The third kappa shape index (κ3) is 3.71. The molecule has 6 heteroatoms. The first-order valence-electron chi connectivity index (χ1n) is 6.95. The van der Waals surface area contributed by atoms with Gasteiger partial charge in [0.2, 0.25) is 0 Å². The first-order chi connectivity index (χ1) is 10.0. The second-order valence-electron chi connectivity index (χ2n) is 5.28. The van der Waals surface area contributed by atoms with Crippen LogP contribution in [0.15, 0.2) is 18.2 Å². The molecule has 1 amide bonds. The lowest BCUT2D eigenvalue weighted by molar-refractivity contribution is -0.146. The highest BCUT2D eigenvalue weighted by atomic mass is 19.1. The molecular weight excluding hydrogens is 275 g/mol. The first-order valence-corrected chi connectivity index (χ1v) is 6.95. The zero-order chi connectivity index (χ0) is 15.4. The van der Waals surface area contributed by atoms with Crippen LogP contribution in [0.2, 0.25) is 0 Å². The van der Waals surface area contributed by atoms with Crippen LogP contribution in [-0.4, -0.2) is 25.0 Å². The number of carbonyl (C=O) groups is 2. The van der Waals surface area contributed by atoms with Gasteiger partial charge in [0.15, 0.2) is 0 Å². The molecule has 114 valence electrons. The number of hydrogen-bond donors (Lipinski definition) is 2. The van der Waals surface area contributed by atoms with Gasteiger partial charge in [-0.25, -0.2) is 4.39 Å². The summed E-state index contributed by atoms with van der Waals surface area (Å²) in [5.41, 5.74) is 5.65. The van der Waals surface area contributed by atoms with E-state index in [1.807, 2.05) is 0 Å². The highest BCUT2D eigenvalue weighted by Gasteiger charge is 2.27. The van der Waals surface area contributed by atoms with E-state index in [1.165, 1.54) is 19.2 Å². The van der Waals surface area contributed by atoms with Crippen molar-refractivity contribution in [1.29, 1.82) is 0 Å².